The average Bonchev–Trinajstić information content (AvgIpc) is 2.73. The quantitative estimate of drug-likeness (QED) is 0.615. The first kappa shape index (κ1) is 20.4. The SMILES string of the molecule is O=C(NC1CCN(C(=O)c2c(Cl)cccc2Cl)CC1)c1cc2ccccc2oc1=O. The van der Waals surface area contributed by atoms with Gasteiger partial charge >= 0.3 is 5.63 Å². The molecular weight excluding hydrogens is 427 g/mol. The van der Waals surface area contributed by atoms with Crippen molar-refractivity contribution in [1.29, 1.82) is 0 Å². The van der Waals surface area contributed by atoms with E-state index in [1.165, 1.54) is 6.07 Å². The van der Waals surface area contributed by atoms with Crippen LogP contribution in [-0.4, -0.2) is 35.8 Å². The number of nitrogens with zero attached hydrogens (tertiary/aromatic N) is 1. The maximum atomic E-state index is 12.8. The minimum absolute atomic E-state index is 0.0324. The Bertz CT molecular complexity index is 1160. The summed E-state index contributed by atoms with van der Waals surface area (Å²) in [6.07, 6.45) is 1.11. The maximum Gasteiger partial charge on any atom is 0.349 e. The lowest BCUT2D eigenvalue weighted by atomic mass is 10.0. The Hall–Kier alpha value is -2.83. The zero-order chi connectivity index (χ0) is 21.3. The van der Waals surface area contributed by atoms with Crippen LogP contribution in [0.3, 0.4) is 0 Å². The number of para-hydroxylation sites is 1. The van der Waals surface area contributed by atoms with Crippen LogP contribution in [-0.2, 0) is 0 Å². The van der Waals surface area contributed by atoms with Gasteiger partial charge in [0.2, 0.25) is 0 Å². The van der Waals surface area contributed by atoms with Crippen LogP contribution in [0.15, 0.2) is 57.7 Å². The highest BCUT2D eigenvalue weighted by Crippen LogP contribution is 2.27. The fraction of sp³-hybridized carbons (Fsp3) is 0.227. The van der Waals surface area contributed by atoms with Crippen LogP contribution >= 0.6 is 23.2 Å². The number of carbonyl (C=O) groups is 2. The minimum Gasteiger partial charge on any atom is -0.422 e. The standard InChI is InChI=1S/C22H18Cl2N2O4/c23-16-5-3-6-17(24)19(16)21(28)26-10-8-14(9-11-26)25-20(27)15-12-13-4-1-2-7-18(13)30-22(15)29/h1-7,12,14H,8-11H2,(H,25,27). The van der Waals surface area contributed by atoms with Crippen LogP contribution in [0.4, 0.5) is 0 Å². The molecule has 0 saturated carbocycles. The number of fused-ring (bicyclic) bond motifs is 1. The molecule has 1 aliphatic heterocycles. The number of benzene rings is 2. The van der Waals surface area contributed by atoms with E-state index >= 15 is 0 Å². The number of carbonyl (C=O) groups excluding carboxylic acids is 2. The predicted octanol–water partition coefficient (Wildman–Crippen LogP) is 4.13. The van der Waals surface area contributed by atoms with Crippen LogP contribution in [0.25, 0.3) is 11.0 Å². The van der Waals surface area contributed by atoms with Gasteiger partial charge < -0.3 is 14.6 Å². The van der Waals surface area contributed by atoms with Crippen LogP contribution in [0.1, 0.15) is 33.6 Å². The molecule has 2 amide bonds. The molecular formula is C22H18Cl2N2O4. The molecule has 1 aliphatic rings. The summed E-state index contributed by atoms with van der Waals surface area (Å²) in [5.41, 5.74) is 0.0171. The summed E-state index contributed by atoms with van der Waals surface area (Å²) >= 11 is 12.3. The summed E-state index contributed by atoms with van der Waals surface area (Å²) in [5.74, 6) is -0.709. The number of hydrogen-bond acceptors (Lipinski definition) is 4. The Balaban J connectivity index is 1.41. The Morgan fingerprint density at radius 3 is 2.37 bits per heavy atom. The molecule has 3 aromatic rings. The Morgan fingerprint density at radius 2 is 1.67 bits per heavy atom. The van der Waals surface area contributed by atoms with Gasteiger partial charge in [-0.2, -0.15) is 0 Å². The molecule has 0 spiro atoms. The van der Waals surface area contributed by atoms with Crippen molar-refractivity contribution in [3.8, 4) is 0 Å². The molecule has 1 saturated heterocycles. The molecule has 1 N–H and O–H groups in total. The number of halogens is 2. The van der Waals surface area contributed by atoms with Crippen molar-refractivity contribution >= 4 is 46.0 Å². The molecule has 1 aromatic heterocycles. The summed E-state index contributed by atoms with van der Waals surface area (Å²) in [6.45, 7) is 0.884. The number of nitrogens with one attached hydrogen (secondary N) is 1. The first-order valence-corrected chi connectivity index (χ1v) is 10.3. The van der Waals surface area contributed by atoms with Crippen LogP contribution in [0.5, 0.6) is 0 Å². The van der Waals surface area contributed by atoms with E-state index in [4.69, 9.17) is 27.6 Å². The largest absolute Gasteiger partial charge is 0.422 e. The molecule has 154 valence electrons. The molecule has 0 radical (unpaired) electrons. The number of rotatable bonds is 3. The van der Waals surface area contributed by atoms with Crippen molar-refractivity contribution in [1.82, 2.24) is 10.2 Å². The summed E-state index contributed by atoms with van der Waals surface area (Å²) in [7, 11) is 0. The average molecular weight is 445 g/mol. The van der Waals surface area contributed by atoms with Gasteiger partial charge in [0, 0.05) is 24.5 Å². The van der Waals surface area contributed by atoms with Crippen LogP contribution < -0.4 is 10.9 Å². The van der Waals surface area contributed by atoms with Gasteiger partial charge in [0.1, 0.15) is 11.1 Å². The van der Waals surface area contributed by atoms with Crippen molar-refractivity contribution in [3.05, 3.63) is 80.1 Å². The molecule has 0 bridgehead atoms. The van der Waals surface area contributed by atoms with E-state index in [0.717, 1.165) is 0 Å². The summed E-state index contributed by atoms with van der Waals surface area (Å²) < 4.78 is 5.23. The van der Waals surface area contributed by atoms with Gasteiger partial charge in [-0.1, -0.05) is 47.5 Å². The highest BCUT2D eigenvalue weighted by Gasteiger charge is 2.27. The van der Waals surface area contributed by atoms with Crippen molar-refractivity contribution in [2.24, 2.45) is 0 Å². The second-order valence-electron chi connectivity index (χ2n) is 7.12. The molecule has 30 heavy (non-hydrogen) atoms. The third-order valence-electron chi connectivity index (χ3n) is 5.18. The Labute approximate surface area is 182 Å². The monoisotopic (exact) mass is 444 g/mol. The third kappa shape index (κ3) is 4.06. The number of likely N-dealkylation sites (tertiary alicyclic amines) is 1. The molecule has 4 rings (SSSR count). The summed E-state index contributed by atoms with van der Waals surface area (Å²) in [6, 6.07) is 13.3. The second kappa shape index (κ2) is 8.50. The Kier molecular flexibility index (Phi) is 5.79. The normalized spacial score (nSPS) is 14.7. The topological polar surface area (TPSA) is 79.6 Å². The summed E-state index contributed by atoms with van der Waals surface area (Å²) in [5, 5.41) is 4.18. The summed E-state index contributed by atoms with van der Waals surface area (Å²) in [4.78, 5) is 39.2. The van der Waals surface area contributed by atoms with Crippen molar-refractivity contribution in [2.45, 2.75) is 18.9 Å². The lowest BCUT2D eigenvalue weighted by molar-refractivity contribution is 0.0698. The first-order valence-electron chi connectivity index (χ1n) is 9.51. The van der Waals surface area contributed by atoms with E-state index in [0.29, 0.717) is 46.9 Å². The second-order valence-corrected chi connectivity index (χ2v) is 7.94. The van der Waals surface area contributed by atoms with Crippen molar-refractivity contribution in [2.75, 3.05) is 13.1 Å². The third-order valence-corrected chi connectivity index (χ3v) is 5.81. The molecule has 1 fully saturated rings. The molecule has 0 unspecified atom stereocenters. The Morgan fingerprint density at radius 1 is 1.00 bits per heavy atom. The van der Waals surface area contributed by atoms with Gasteiger partial charge in [-0.3, -0.25) is 9.59 Å². The highest BCUT2D eigenvalue weighted by molar-refractivity contribution is 6.39. The lowest BCUT2D eigenvalue weighted by Crippen LogP contribution is -2.47. The van der Waals surface area contributed by atoms with Crippen LogP contribution in [0.2, 0.25) is 10.0 Å². The molecule has 0 aliphatic carbocycles. The zero-order valence-electron chi connectivity index (χ0n) is 15.9. The van der Waals surface area contributed by atoms with Crippen LogP contribution in [0, 0.1) is 0 Å². The van der Waals surface area contributed by atoms with E-state index in [2.05, 4.69) is 5.32 Å². The minimum atomic E-state index is -0.674. The van der Waals surface area contributed by atoms with Gasteiger partial charge in [0.25, 0.3) is 11.8 Å². The lowest BCUT2D eigenvalue weighted by Gasteiger charge is -2.32. The van der Waals surface area contributed by atoms with Gasteiger partial charge in [0.05, 0.1) is 15.6 Å². The van der Waals surface area contributed by atoms with E-state index in [1.54, 1.807) is 41.3 Å². The van der Waals surface area contributed by atoms with E-state index in [1.807, 2.05) is 6.07 Å². The fourth-order valence-corrected chi connectivity index (χ4v) is 4.13. The fourth-order valence-electron chi connectivity index (χ4n) is 3.57. The number of amides is 2. The van der Waals surface area contributed by atoms with Gasteiger partial charge in [-0.05, 0) is 37.1 Å². The molecule has 6 nitrogen and oxygen atoms in total. The predicted molar refractivity (Wildman–Crippen MR) is 115 cm³/mol. The van der Waals surface area contributed by atoms with E-state index in [-0.39, 0.29) is 23.1 Å². The van der Waals surface area contributed by atoms with Gasteiger partial charge in [-0.15, -0.1) is 0 Å². The van der Waals surface area contributed by atoms with Gasteiger partial charge in [-0.25, -0.2) is 4.79 Å². The van der Waals surface area contributed by atoms with Crippen molar-refractivity contribution in [3.63, 3.8) is 0 Å². The van der Waals surface area contributed by atoms with Crippen molar-refractivity contribution < 1.29 is 14.0 Å². The molecule has 8 heteroatoms. The molecule has 2 aromatic carbocycles. The molecule has 2 heterocycles. The number of piperidine rings is 1. The number of hydrogen-bond donors (Lipinski definition) is 1. The zero-order valence-corrected chi connectivity index (χ0v) is 17.4. The van der Waals surface area contributed by atoms with E-state index in [9.17, 15) is 14.4 Å². The van der Waals surface area contributed by atoms with Gasteiger partial charge in [0.15, 0.2) is 0 Å². The first-order chi connectivity index (χ1) is 14.4. The highest BCUT2D eigenvalue weighted by atomic mass is 35.5. The van der Waals surface area contributed by atoms with E-state index < -0.39 is 11.5 Å². The maximum absolute atomic E-state index is 12.8. The smallest absolute Gasteiger partial charge is 0.349 e. The molecule has 0 atom stereocenters.